The van der Waals surface area contributed by atoms with Gasteiger partial charge in [0.15, 0.2) is 0 Å². The van der Waals surface area contributed by atoms with Crippen molar-refractivity contribution in [1.82, 2.24) is 15.2 Å². The average Bonchev–Trinajstić information content (AvgIpc) is 3.35. The number of aromatic nitrogens is 1. The lowest BCUT2D eigenvalue weighted by Gasteiger charge is -2.18. The fourth-order valence-electron chi connectivity index (χ4n) is 2.98. The Kier molecular flexibility index (Phi) is 4.93. The van der Waals surface area contributed by atoms with E-state index in [4.69, 9.17) is 0 Å². The molecule has 1 fully saturated rings. The first-order valence-electron chi connectivity index (χ1n) is 8.76. The molecule has 1 aliphatic rings. The van der Waals surface area contributed by atoms with Crippen LogP contribution >= 0.6 is 0 Å². The average molecular weight is 353 g/mol. The second kappa shape index (κ2) is 7.15. The van der Waals surface area contributed by atoms with Crippen LogP contribution in [0.5, 0.6) is 0 Å². The maximum atomic E-state index is 12.8. The number of pyridine rings is 1. The fraction of sp³-hybridized carbons (Fsp3) is 0.350. The lowest BCUT2D eigenvalue weighted by atomic mass is 10.1. The second-order valence-electron chi connectivity index (χ2n) is 6.81. The Hall–Kier alpha value is -2.89. The molecule has 6 heteroatoms. The molecule has 6 nitrogen and oxygen atoms in total. The van der Waals surface area contributed by atoms with E-state index in [0.717, 1.165) is 12.0 Å². The molecule has 1 unspecified atom stereocenters. The predicted octanol–water partition coefficient (Wildman–Crippen LogP) is 1.96. The molecule has 0 spiro atoms. The summed E-state index contributed by atoms with van der Waals surface area (Å²) in [4.78, 5) is 37.5. The highest BCUT2D eigenvalue weighted by Gasteiger charge is 2.34. The molecular weight excluding hydrogens is 330 g/mol. The SMILES string of the molecule is CNC(=O)c1cc(C(=O)NC2C[C@H]2C)cn([C@H](C)c2ccccc2)c1=O. The van der Waals surface area contributed by atoms with Gasteiger partial charge in [-0.2, -0.15) is 0 Å². The van der Waals surface area contributed by atoms with E-state index in [1.54, 1.807) is 0 Å². The summed E-state index contributed by atoms with van der Waals surface area (Å²) in [5.74, 6) is -0.302. The zero-order valence-electron chi connectivity index (χ0n) is 15.2. The second-order valence-corrected chi connectivity index (χ2v) is 6.81. The zero-order valence-corrected chi connectivity index (χ0v) is 15.2. The molecule has 1 heterocycles. The molecule has 26 heavy (non-hydrogen) atoms. The summed E-state index contributed by atoms with van der Waals surface area (Å²) in [6.07, 6.45) is 2.49. The van der Waals surface area contributed by atoms with Gasteiger partial charge in [-0.25, -0.2) is 0 Å². The van der Waals surface area contributed by atoms with Gasteiger partial charge in [0.1, 0.15) is 5.56 Å². The lowest BCUT2D eigenvalue weighted by molar-refractivity contribution is 0.0948. The van der Waals surface area contributed by atoms with Crippen molar-refractivity contribution in [3.63, 3.8) is 0 Å². The number of carbonyl (C=O) groups is 2. The van der Waals surface area contributed by atoms with Crippen molar-refractivity contribution in [2.45, 2.75) is 32.4 Å². The summed E-state index contributed by atoms with van der Waals surface area (Å²) < 4.78 is 1.45. The Bertz CT molecular complexity index is 889. The van der Waals surface area contributed by atoms with E-state index in [-0.39, 0.29) is 23.6 Å². The van der Waals surface area contributed by atoms with Crippen LogP contribution in [0, 0.1) is 5.92 Å². The quantitative estimate of drug-likeness (QED) is 0.862. The van der Waals surface area contributed by atoms with E-state index in [2.05, 4.69) is 17.6 Å². The first-order chi connectivity index (χ1) is 12.4. The predicted molar refractivity (Wildman–Crippen MR) is 99.4 cm³/mol. The van der Waals surface area contributed by atoms with Crippen LogP contribution in [-0.4, -0.2) is 29.5 Å². The summed E-state index contributed by atoms with van der Waals surface area (Å²) in [6, 6.07) is 10.7. The summed E-state index contributed by atoms with van der Waals surface area (Å²) in [6.45, 7) is 3.94. The van der Waals surface area contributed by atoms with E-state index >= 15 is 0 Å². The van der Waals surface area contributed by atoms with Gasteiger partial charge < -0.3 is 15.2 Å². The third-order valence-electron chi connectivity index (χ3n) is 4.90. The summed E-state index contributed by atoms with van der Waals surface area (Å²) in [5.41, 5.74) is 0.778. The van der Waals surface area contributed by atoms with Crippen molar-refractivity contribution in [2.24, 2.45) is 5.92 Å². The Balaban J connectivity index is 2.04. The van der Waals surface area contributed by atoms with Crippen LogP contribution < -0.4 is 16.2 Å². The van der Waals surface area contributed by atoms with E-state index in [1.807, 2.05) is 37.3 Å². The van der Waals surface area contributed by atoms with Gasteiger partial charge in [-0.1, -0.05) is 37.3 Å². The number of hydrogen-bond donors (Lipinski definition) is 2. The van der Waals surface area contributed by atoms with Gasteiger partial charge in [-0.15, -0.1) is 0 Å². The lowest BCUT2D eigenvalue weighted by Crippen LogP contribution is -2.35. The summed E-state index contributed by atoms with van der Waals surface area (Å²) in [5, 5.41) is 5.41. The number of hydrogen-bond acceptors (Lipinski definition) is 3. The molecule has 1 aromatic heterocycles. The fourth-order valence-corrected chi connectivity index (χ4v) is 2.98. The zero-order chi connectivity index (χ0) is 18.8. The topological polar surface area (TPSA) is 80.2 Å². The largest absolute Gasteiger partial charge is 0.355 e. The Morgan fingerprint density at radius 1 is 1.19 bits per heavy atom. The third-order valence-corrected chi connectivity index (χ3v) is 4.90. The van der Waals surface area contributed by atoms with Gasteiger partial charge in [0, 0.05) is 19.3 Å². The van der Waals surface area contributed by atoms with Gasteiger partial charge in [0.25, 0.3) is 17.4 Å². The first kappa shape index (κ1) is 17.9. The molecule has 1 aliphatic carbocycles. The standard InChI is InChI=1S/C20H23N3O3/c1-12-9-17(12)22-18(24)15-10-16(19(25)21-3)20(26)23(11-15)13(2)14-7-5-4-6-8-14/h4-8,10-13,17H,9H2,1-3H3,(H,21,25)(H,22,24)/t12-,13-,17?/m1/s1. The minimum absolute atomic E-state index is 0.0354. The maximum absolute atomic E-state index is 12.8. The van der Waals surface area contributed by atoms with Crippen molar-refractivity contribution < 1.29 is 9.59 Å². The number of nitrogens with zero attached hydrogens (tertiary/aromatic N) is 1. The van der Waals surface area contributed by atoms with Gasteiger partial charge in [0.05, 0.1) is 11.6 Å². The van der Waals surface area contributed by atoms with E-state index < -0.39 is 11.5 Å². The van der Waals surface area contributed by atoms with Crippen molar-refractivity contribution in [3.8, 4) is 0 Å². The smallest absolute Gasteiger partial charge is 0.264 e. The highest BCUT2D eigenvalue weighted by Crippen LogP contribution is 2.29. The maximum Gasteiger partial charge on any atom is 0.264 e. The molecule has 0 aliphatic heterocycles. The molecule has 136 valence electrons. The number of benzene rings is 1. The monoisotopic (exact) mass is 353 g/mol. The van der Waals surface area contributed by atoms with E-state index in [1.165, 1.54) is 23.9 Å². The van der Waals surface area contributed by atoms with E-state index in [9.17, 15) is 14.4 Å². The summed E-state index contributed by atoms with van der Waals surface area (Å²) in [7, 11) is 1.46. The number of carbonyl (C=O) groups excluding carboxylic acids is 2. The molecule has 0 bridgehead atoms. The van der Waals surface area contributed by atoms with Crippen LogP contribution in [0.15, 0.2) is 47.4 Å². The number of amides is 2. The highest BCUT2D eigenvalue weighted by atomic mass is 16.2. The Labute approximate surface area is 152 Å². The van der Waals surface area contributed by atoms with Gasteiger partial charge in [-0.05, 0) is 30.9 Å². The molecule has 0 saturated heterocycles. The molecule has 2 amide bonds. The number of rotatable bonds is 5. The molecule has 1 saturated carbocycles. The molecule has 3 atom stereocenters. The Morgan fingerprint density at radius 3 is 2.42 bits per heavy atom. The molecule has 2 N–H and O–H groups in total. The van der Waals surface area contributed by atoms with Crippen molar-refractivity contribution in [3.05, 3.63) is 69.6 Å². The molecule has 1 aromatic carbocycles. The summed E-state index contributed by atoms with van der Waals surface area (Å²) >= 11 is 0. The van der Waals surface area contributed by atoms with Crippen molar-refractivity contribution in [2.75, 3.05) is 7.05 Å². The third kappa shape index (κ3) is 3.54. The van der Waals surface area contributed by atoms with Crippen LogP contribution in [0.4, 0.5) is 0 Å². The van der Waals surface area contributed by atoms with Crippen LogP contribution in [0.3, 0.4) is 0 Å². The van der Waals surface area contributed by atoms with Crippen molar-refractivity contribution in [1.29, 1.82) is 0 Å². The van der Waals surface area contributed by atoms with Crippen LogP contribution in [0.25, 0.3) is 0 Å². The van der Waals surface area contributed by atoms with Crippen LogP contribution in [0.2, 0.25) is 0 Å². The molecular formula is C20H23N3O3. The van der Waals surface area contributed by atoms with Crippen LogP contribution in [0.1, 0.15) is 52.6 Å². The number of nitrogens with one attached hydrogen (secondary N) is 2. The first-order valence-corrected chi connectivity index (χ1v) is 8.76. The van der Waals surface area contributed by atoms with Gasteiger partial charge >= 0.3 is 0 Å². The highest BCUT2D eigenvalue weighted by molar-refractivity contribution is 5.99. The molecule has 3 rings (SSSR count). The van der Waals surface area contributed by atoms with Crippen LogP contribution in [-0.2, 0) is 0 Å². The molecule has 2 aromatic rings. The normalized spacial score (nSPS) is 19.5. The van der Waals surface area contributed by atoms with E-state index in [0.29, 0.717) is 11.5 Å². The Morgan fingerprint density at radius 2 is 1.85 bits per heavy atom. The molecule has 0 radical (unpaired) electrons. The van der Waals surface area contributed by atoms with Crippen molar-refractivity contribution >= 4 is 11.8 Å². The minimum atomic E-state index is -0.501. The van der Waals surface area contributed by atoms with Gasteiger partial charge in [-0.3, -0.25) is 14.4 Å². The van der Waals surface area contributed by atoms with Gasteiger partial charge in [0.2, 0.25) is 0 Å². The minimum Gasteiger partial charge on any atom is -0.355 e.